The van der Waals surface area contributed by atoms with Gasteiger partial charge in [-0.15, -0.1) is 0 Å². The van der Waals surface area contributed by atoms with Gasteiger partial charge in [-0.25, -0.2) is 0 Å². The van der Waals surface area contributed by atoms with Gasteiger partial charge in [0, 0.05) is 11.6 Å². The van der Waals surface area contributed by atoms with Crippen molar-refractivity contribution in [2.45, 2.75) is 0 Å². The van der Waals surface area contributed by atoms with Crippen LogP contribution in [0.25, 0.3) is 0 Å². The van der Waals surface area contributed by atoms with Crippen LogP contribution >= 0.6 is 0 Å². The zero-order valence-corrected chi connectivity index (χ0v) is 10.6. The third kappa shape index (κ3) is 2.96. The number of ether oxygens (including phenoxy) is 1. The molecule has 21 heavy (non-hydrogen) atoms. The molecule has 0 spiro atoms. The Morgan fingerprint density at radius 2 is 1.95 bits per heavy atom. The molecule has 0 aromatic heterocycles. The van der Waals surface area contributed by atoms with Gasteiger partial charge in [-0.2, -0.15) is 5.26 Å². The van der Waals surface area contributed by atoms with Crippen molar-refractivity contribution in [3.63, 3.8) is 0 Å². The Morgan fingerprint density at radius 3 is 2.57 bits per heavy atom. The minimum Gasteiger partial charge on any atom is -0.449 e. The van der Waals surface area contributed by atoms with E-state index in [4.69, 9.17) is 15.7 Å². The lowest BCUT2D eigenvalue weighted by Gasteiger charge is -2.08. The second-order valence-corrected chi connectivity index (χ2v) is 4.01. The van der Waals surface area contributed by atoms with Gasteiger partial charge in [0.15, 0.2) is 0 Å². The number of nitrogens with two attached hydrogens (primary N) is 1. The van der Waals surface area contributed by atoms with Crippen molar-refractivity contribution in [1.82, 2.24) is 0 Å². The minimum absolute atomic E-state index is 0.00242. The Bertz CT molecular complexity index is 765. The maximum Gasteiger partial charge on any atom is 0.312 e. The van der Waals surface area contributed by atoms with Crippen LogP contribution in [-0.2, 0) is 0 Å². The first-order valence-electron chi connectivity index (χ1n) is 5.78. The molecule has 0 unspecified atom stereocenters. The molecular formula is C14H9N3O4. The van der Waals surface area contributed by atoms with Crippen molar-refractivity contribution in [2.75, 3.05) is 0 Å². The molecule has 2 rings (SSSR count). The highest BCUT2D eigenvalue weighted by molar-refractivity contribution is 5.93. The van der Waals surface area contributed by atoms with E-state index in [9.17, 15) is 14.9 Å². The van der Waals surface area contributed by atoms with Crippen LogP contribution in [0.1, 0.15) is 15.9 Å². The smallest absolute Gasteiger partial charge is 0.312 e. The van der Waals surface area contributed by atoms with Crippen LogP contribution in [0.5, 0.6) is 11.5 Å². The van der Waals surface area contributed by atoms with E-state index >= 15 is 0 Å². The average molecular weight is 283 g/mol. The summed E-state index contributed by atoms with van der Waals surface area (Å²) in [7, 11) is 0. The molecule has 0 saturated heterocycles. The van der Waals surface area contributed by atoms with Crippen molar-refractivity contribution in [2.24, 2.45) is 5.73 Å². The van der Waals surface area contributed by atoms with Gasteiger partial charge in [-0.05, 0) is 24.3 Å². The normalized spacial score (nSPS) is 9.67. The van der Waals surface area contributed by atoms with E-state index in [0.717, 1.165) is 6.07 Å². The summed E-state index contributed by atoms with van der Waals surface area (Å²) in [5.74, 6) is -0.662. The molecule has 7 nitrogen and oxygen atoms in total. The highest BCUT2D eigenvalue weighted by atomic mass is 16.6. The first-order chi connectivity index (χ1) is 10.0. The zero-order valence-electron chi connectivity index (χ0n) is 10.6. The number of nitriles is 1. The topological polar surface area (TPSA) is 119 Å². The van der Waals surface area contributed by atoms with E-state index in [1.54, 1.807) is 12.1 Å². The highest BCUT2D eigenvalue weighted by Gasteiger charge is 2.19. The van der Waals surface area contributed by atoms with Crippen molar-refractivity contribution in [1.29, 1.82) is 5.26 Å². The summed E-state index contributed by atoms with van der Waals surface area (Å²) in [5, 5.41) is 20.0. The van der Waals surface area contributed by atoms with Crippen LogP contribution < -0.4 is 10.5 Å². The van der Waals surface area contributed by atoms with Gasteiger partial charge in [0.25, 0.3) is 0 Å². The van der Waals surface area contributed by atoms with Gasteiger partial charge < -0.3 is 10.5 Å². The lowest BCUT2D eigenvalue weighted by molar-refractivity contribution is -0.385. The van der Waals surface area contributed by atoms with Crippen LogP contribution in [0, 0.1) is 21.4 Å². The predicted octanol–water partition coefficient (Wildman–Crippen LogP) is 2.36. The van der Waals surface area contributed by atoms with Gasteiger partial charge >= 0.3 is 5.69 Å². The van der Waals surface area contributed by atoms with Gasteiger partial charge in [0.2, 0.25) is 11.7 Å². The standard InChI is InChI=1S/C14H9N3O4/c15-8-10-3-1-2-4-12(10)21-13-6-5-9(14(16)18)7-11(13)17(19)20/h1-7H,(H2,16,18). The summed E-state index contributed by atoms with van der Waals surface area (Å²) in [6, 6.07) is 11.9. The van der Waals surface area contributed by atoms with E-state index in [-0.39, 0.29) is 22.6 Å². The van der Waals surface area contributed by atoms with E-state index in [0.29, 0.717) is 0 Å². The predicted molar refractivity (Wildman–Crippen MR) is 72.8 cm³/mol. The van der Waals surface area contributed by atoms with E-state index < -0.39 is 16.5 Å². The second kappa shape index (κ2) is 5.71. The van der Waals surface area contributed by atoms with Gasteiger partial charge in [0.05, 0.1) is 10.5 Å². The van der Waals surface area contributed by atoms with Crippen LogP contribution in [0.3, 0.4) is 0 Å². The van der Waals surface area contributed by atoms with Crippen molar-refractivity contribution in [3.8, 4) is 17.6 Å². The average Bonchev–Trinajstić information content (AvgIpc) is 2.47. The molecule has 2 N–H and O–H groups in total. The van der Waals surface area contributed by atoms with Crippen LogP contribution in [0.4, 0.5) is 5.69 Å². The Balaban J connectivity index is 2.47. The van der Waals surface area contributed by atoms with Crippen LogP contribution in [0.2, 0.25) is 0 Å². The molecule has 0 heterocycles. The Kier molecular flexibility index (Phi) is 3.81. The summed E-state index contributed by atoms with van der Waals surface area (Å²) < 4.78 is 5.41. The molecule has 104 valence electrons. The number of carbonyl (C=O) groups is 1. The number of primary amides is 1. The number of nitro groups is 1. The van der Waals surface area contributed by atoms with Crippen LogP contribution in [-0.4, -0.2) is 10.8 Å². The fourth-order valence-corrected chi connectivity index (χ4v) is 1.67. The Labute approximate surface area is 119 Å². The SMILES string of the molecule is N#Cc1ccccc1Oc1ccc(C(N)=O)cc1[N+](=O)[O-]. The monoisotopic (exact) mass is 283 g/mol. The number of nitro benzene ring substituents is 1. The Hall–Kier alpha value is -3.40. The molecule has 2 aromatic carbocycles. The van der Waals surface area contributed by atoms with Gasteiger partial charge in [-0.1, -0.05) is 12.1 Å². The first-order valence-corrected chi connectivity index (χ1v) is 5.78. The van der Waals surface area contributed by atoms with Gasteiger partial charge in [-0.3, -0.25) is 14.9 Å². The van der Waals surface area contributed by atoms with Crippen LogP contribution in [0.15, 0.2) is 42.5 Å². The summed E-state index contributed by atoms with van der Waals surface area (Å²) in [5.41, 5.74) is 4.93. The molecular weight excluding hydrogens is 274 g/mol. The molecule has 7 heteroatoms. The highest BCUT2D eigenvalue weighted by Crippen LogP contribution is 2.33. The molecule has 2 aromatic rings. The molecule has 0 aliphatic rings. The largest absolute Gasteiger partial charge is 0.449 e. The van der Waals surface area contributed by atoms with Crippen molar-refractivity contribution in [3.05, 3.63) is 63.7 Å². The van der Waals surface area contributed by atoms with Crippen molar-refractivity contribution < 1.29 is 14.5 Å². The Morgan fingerprint density at radius 1 is 1.24 bits per heavy atom. The number of carbonyl (C=O) groups excluding carboxylic acids is 1. The maximum atomic E-state index is 11.1. The number of amides is 1. The molecule has 1 amide bonds. The number of hydrogen-bond donors (Lipinski definition) is 1. The number of hydrogen-bond acceptors (Lipinski definition) is 5. The number of rotatable bonds is 4. The first kappa shape index (κ1) is 14.0. The summed E-state index contributed by atoms with van der Waals surface area (Å²) in [6.45, 7) is 0. The maximum absolute atomic E-state index is 11.1. The quantitative estimate of drug-likeness (QED) is 0.682. The lowest BCUT2D eigenvalue weighted by atomic mass is 10.1. The number of benzene rings is 2. The lowest BCUT2D eigenvalue weighted by Crippen LogP contribution is -2.11. The molecule has 0 fully saturated rings. The molecule has 0 aliphatic carbocycles. The molecule has 0 bridgehead atoms. The van der Waals surface area contributed by atoms with Gasteiger partial charge in [0.1, 0.15) is 11.8 Å². The van der Waals surface area contributed by atoms with E-state index in [1.807, 2.05) is 6.07 Å². The zero-order chi connectivity index (χ0) is 15.4. The van der Waals surface area contributed by atoms with E-state index in [1.165, 1.54) is 24.3 Å². The summed E-state index contributed by atoms with van der Waals surface area (Å²) in [6.07, 6.45) is 0. The van der Waals surface area contributed by atoms with E-state index in [2.05, 4.69) is 0 Å². The third-order valence-electron chi connectivity index (χ3n) is 2.67. The second-order valence-electron chi connectivity index (χ2n) is 4.01. The number of para-hydroxylation sites is 1. The minimum atomic E-state index is -0.776. The number of nitrogens with zero attached hydrogens (tertiary/aromatic N) is 2. The fraction of sp³-hybridized carbons (Fsp3) is 0. The molecule has 0 radical (unpaired) electrons. The summed E-state index contributed by atoms with van der Waals surface area (Å²) in [4.78, 5) is 21.4. The molecule has 0 aliphatic heterocycles. The fourth-order valence-electron chi connectivity index (χ4n) is 1.67. The third-order valence-corrected chi connectivity index (χ3v) is 2.67. The summed E-state index contributed by atoms with van der Waals surface area (Å²) >= 11 is 0. The molecule has 0 saturated carbocycles. The van der Waals surface area contributed by atoms with Crippen molar-refractivity contribution >= 4 is 11.6 Å². The molecule has 0 atom stereocenters.